The van der Waals surface area contributed by atoms with Crippen LogP contribution in [0.25, 0.3) is 0 Å². The Kier molecular flexibility index (Phi) is 4.75. The molecule has 94 valence electrons. The van der Waals surface area contributed by atoms with Gasteiger partial charge in [0.15, 0.2) is 0 Å². The van der Waals surface area contributed by atoms with Crippen LogP contribution < -0.4 is 5.32 Å². The van der Waals surface area contributed by atoms with E-state index < -0.39 is 10.8 Å². The first-order valence-corrected chi connectivity index (χ1v) is 7.93. The second-order valence-electron chi connectivity index (χ2n) is 4.63. The first kappa shape index (κ1) is 12.8. The monoisotopic (exact) mass is 251 g/mol. The van der Waals surface area contributed by atoms with E-state index >= 15 is 0 Å². The van der Waals surface area contributed by atoms with Gasteiger partial charge in [0.1, 0.15) is 0 Å². The van der Waals surface area contributed by atoms with Gasteiger partial charge < -0.3 is 5.32 Å². The van der Waals surface area contributed by atoms with Gasteiger partial charge >= 0.3 is 0 Å². The van der Waals surface area contributed by atoms with Crippen molar-refractivity contribution in [2.24, 2.45) is 0 Å². The van der Waals surface area contributed by atoms with Gasteiger partial charge in [-0.3, -0.25) is 4.21 Å². The van der Waals surface area contributed by atoms with E-state index in [1.54, 1.807) is 0 Å². The summed E-state index contributed by atoms with van der Waals surface area (Å²) in [6.07, 6.45) is 2.72. The third-order valence-corrected chi connectivity index (χ3v) is 4.49. The highest BCUT2D eigenvalue weighted by Gasteiger charge is 2.22. The minimum absolute atomic E-state index is 0.649. The Morgan fingerprint density at radius 3 is 2.59 bits per heavy atom. The van der Waals surface area contributed by atoms with Gasteiger partial charge in [0.25, 0.3) is 0 Å². The highest BCUT2D eigenvalue weighted by molar-refractivity contribution is 7.84. The molecule has 0 aliphatic heterocycles. The zero-order chi connectivity index (χ0) is 12.1. The molecule has 0 saturated heterocycles. The third-order valence-electron chi connectivity index (χ3n) is 3.19. The van der Waals surface area contributed by atoms with Crippen molar-refractivity contribution in [1.29, 1.82) is 0 Å². The Bertz CT molecular complexity index is 370. The molecule has 1 aromatic carbocycles. The fourth-order valence-corrected chi connectivity index (χ4v) is 2.55. The summed E-state index contributed by atoms with van der Waals surface area (Å²) in [7, 11) is -0.649. The maximum Gasteiger partial charge on any atom is 0.0360 e. The fraction of sp³-hybridized carbons (Fsp3) is 0.571. The van der Waals surface area contributed by atoms with Crippen molar-refractivity contribution >= 4 is 10.8 Å². The van der Waals surface area contributed by atoms with Crippen molar-refractivity contribution < 1.29 is 4.21 Å². The zero-order valence-corrected chi connectivity index (χ0v) is 11.3. The normalized spacial score (nSPS) is 17.0. The molecule has 0 heterocycles. The van der Waals surface area contributed by atoms with Crippen molar-refractivity contribution in [2.45, 2.75) is 32.2 Å². The van der Waals surface area contributed by atoms with Crippen LogP contribution in [0.3, 0.4) is 0 Å². The Morgan fingerprint density at radius 2 is 2.00 bits per heavy atom. The van der Waals surface area contributed by atoms with Crippen molar-refractivity contribution in [3.63, 3.8) is 0 Å². The minimum Gasteiger partial charge on any atom is -0.312 e. The predicted octanol–water partition coefficient (Wildman–Crippen LogP) is 2.42. The highest BCUT2D eigenvalue weighted by atomic mass is 32.2. The molecule has 1 N–H and O–H groups in total. The van der Waals surface area contributed by atoms with Crippen LogP contribution >= 0.6 is 0 Å². The molecule has 0 bridgehead atoms. The summed E-state index contributed by atoms with van der Waals surface area (Å²) in [5, 5.41) is 3.34. The first-order chi connectivity index (χ1) is 8.29. The topological polar surface area (TPSA) is 29.1 Å². The average Bonchev–Trinajstić information content (AvgIpc) is 3.19. The van der Waals surface area contributed by atoms with Crippen LogP contribution in [0.2, 0.25) is 0 Å². The van der Waals surface area contributed by atoms with Gasteiger partial charge in [-0.05, 0) is 29.9 Å². The summed E-state index contributed by atoms with van der Waals surface area (Å²) in [4.78, 5) is 0. The molecule has 1 saturated carbocycles. The largest absolute Gasteiger partial charge is 0.312 e. The molecule has 1 aliphatic rings. The summed E-state index contributed by atoms with van der Waals surface area (Å²) >= 11 is 0. The summed E-state index contributed by atoms with van der Waals surface area (Å²) in [6, 6.07) is 8.91. The maximum atomic E-state index is 11.2. The van der Waals surface area contributed by atoms with Gasteiger partial charge in [0.2, 0.25) is 0 Å². The van der Waals surface area contributed by atoms with Gasteiger partial charge in [0, 0.05) is 35.4 Å². The van der Waals surface area contributed by atoms with Gasteiger partial charge in [-0.2, -0.15) is 0 Å². The van der Waals surface area contributed by atoms with Gasteiger partial charge in [-0.25, -0.2) is 0 Å². The number of rotatable bonds is 7. The van der Waals surface area contributed by atoms with E-state index in [9.17, 15) is 4.21 Å². The quantitative estimate of drug-likeness (QED) is 0.754. The van der Waals surface area contributed by atoms with Crippen LogP contribution in [0, 0.1) is 0 Å². The Labute approximate surface area is 106 Å². The molecule has 2 nitrogen and oxygen atoms in total. The molecule has 2 rings (SSSR count). The van der Waals surface area contributed by atoms with Crippen LogP contribution in [0.15, 0.2) is 24.3 Å². The second kappa shape index (κ2) is 6.31. The van der Waals surface area contributed by atoms with Crippen molar-refractivity contribution in [2.75, 3.05) is 18.1 Å². The van der Waals surface area contributed by atoms with E-state index in [0.717, 1.165) is 30.5 Å². The Hall–Kier alpha value is -0.670. The van der Waals surface area contributed by atoms with E-state index in [0.29, 0.717) is 0 Å². The molecule has 0 aromatic heterocycles. The highest BCUT2D eigenvalue weighted by Crippen LogP contribution is 2.39. The lowest BCUT2D eigenvalue weighted by molar-refractivity contribution is 0.674. The molecule has 3 heteroatoms. The molecule has 1 aliphatic carbocycles. The third kappa shape index (κ3) is 4.25. The number of benzene rings is 1. The minimum atomic E-state index is -0.649. The standard InChI is InChI=1S/C14H21NOS/c1-2-17(16)10-9-15-11-12-3-5-13(6-4-12)14-7-8-14/h3-6,14-15H,2,7-11H2,1H3. The molecule has 0 spiro atoms. The van der Waals surface area contributed by atoms with Crippen LogP contribution in [0.4, 0.5) is 0 Å². The molecule has 1 aromatic rings. The van der Waals surface area contributed by atoms with Crippen LogP contribution in [0.1, 0.15) is 36.8 Å². The zero-order valence-electron chi connectivity index (χ0n) is 10.4. The molecule has 0 amide bonds. The Morgan fingerprint density at radius 1 is 1.29 bits per heavy atom. The van der Waals surface area contributed by atoms with Crippen LogP contribution in [-0.2, 0) is 17.3 Å². The molecule has 1 atom stereocenters. The van der Waals surface area contributed by atoms with Gasteiger partial charge in [-0.1, -0.05) is 31.2 Å². The van der Waals surface area contributed by atoms with E-state index in [2.05, 4.69) is 29.6 Å². The summed E-state index contributed by atoms with van der Waals surface area (Å²) in [5.74, 6) is 2.36. The number of hydrogen-bond donors (Lipinski definition) is 1. The average molecular weight is 251 g/mol. The van der Waals surface area contributed by atoms with E-state index in [4.69, 9.17) is 0 Å². The Balaban J connectivity index is 1.69. The fourth-order valence-electron chi connectivity index (χ4n) is 1.89. The predicted molar refractivity (Wildman–Crippen MR) is 73.7 cm³/mol. The van der Waals surface area contributed by atoms with Crippen LogP contribution in [-0.4, -0.2) is 22.3 Å². The van der Waals surface area contributed by atoms with E-state index in [1.165, 1.54) is 24.0 Å². The van der Waals surface area contributed by atoms with Crippen LogP contribution in [0.5, 0.6) is 0 Å². The summed E-state index contributed by atoms with van der Waals surface area (Å²) in [5.41, 5.74) is 2.80. The SMILES string of the molecule is CCS(=O)CCNCc1ccc(C2CC2)cc1. The molecule has 0 radical (unpaired) electrons. The smallest absolute Gasteiger partial charge is 0.0360 e. The maximum absolute atomic E-state index is 11.2. The molecule has 1 unspecified atom stereocenters. The van der Waals surface area contributed by atoms with Gasteiger partial charge in [-0.15, -0.1) is 0 Å². The van der Waals surface area contributed by atoms with E-state index in [-0.39, 0.29) is 0 Å². The number of hydrogen-bond acceptors (Lipinski definition) is 2. The lowest BCUT2D eigenvalue weighted by Gasteiger charge is -2.05. The molecule has 17 heavy (non-hydrogen) atoms. The second-order valence-corrected chi connectivity index (χ2v) is 6.49. The lowest BCUT2D eigenvalue weighted by atomic mass is 10.1. The summed E-state index contributed by atoms with van der Waals surface area (Å²) < 4.78 is 11.2. The molecular weight excluding hydrogens is 230 g/mol. The van der Waals surface area contributed by atoms with Crippen molar-refractivity contribution in [1.82, 2.24) is 5.32 Å². The van der Waals surface area contributed by atoms with Gasteiger partial charge in [0.05, 0.1) is 0 Å². The molecule has 1 fully saturated rings. The van der Waals surface area contributed by atoms with Crippen molar-refractivity contribution in [3.8, 4) is 0 Å². The van der Waals surface area contributed by atoms with E-state index in [1.807, 2.05) is 6.92 Å². The molecular formula is C14H21NOS. The summed E-state index contributed by atoms with van der Waals surface area (Å²) in [6.45, 7) is 3.68. The first-order valence-electron chi connectivity index (χ1n) is 6.44. The number of nitrogens with one attached hydrogen (secondary N) is 1. The lowest BCUT2D eigenvalue weighted by Crippen LogP contribution is -2.20. The van der Waals surface area contributed by atoms with Crippen molar-refractivity contribution in [3.05, 3.63) is 35.4 Å².